The summed E-state index contributed by atoms with van der Waals surface area (Å²) in [6.45, 7) is 2.26. The van der Waals surface area contributed by atoms with Gasteiger partial charge >= 0.3 is 0 Å². The zero-order valence-corrected chi connectivity index (χ0v) is 14.4. The van der Waals surface area contributed by atoms with Crippen LogP contribution in [0.1, 0.15) is 5.69 Å². The van der Waals surface area contributed by atoms with Crippen molar-refractivity contribution in [3.63, 3.8) is 0 Å². The number of aromatic amines is 1. The molecule has 0 aliphatic heterocycles. The van der Waals surface area contributed by atoms with Crippen molar-refractivity contribution in [2.45, 2.75) is 6.92 Å². The number of thiazole rings is 1. The number of benzene rings is 1. The van der Waals surface area contributed by atoms with Crippen molar-refractivity contribution in [1.82, 2.24) is 20.2 Å². The van der Waals surface area contributed by atoms with Crippen LogP contribution in [0.25, 0.3) is 32.9 Å². The molecular formula is C18H16N4O2S. The lowest BCUT2D eigenvalue weighted by Gasteiger charge is -2.07. The third-order valence-electron chi connectivity index (χ3n) is 3.88. The zero-order chi connectivity index (χ0) is 17.2. The summed E-state index contributed by atoms with van der Waals surface area (Å²) in [5, 5.41) is 20.1. The van der Waals surface area contributed by atoms with E-state index in [9.17, 15) is 0 Å². The van der Waals surface area contributed by atoms with E-state index in [1.807, 2.05) is 42.6 Å². The third kappa shape index (κ3) is 2.99. The Labute approximate surface area is 148 Å². The number of ether oxygens (including phenoxy) is 1. The molecule has 0 bridgehead atoms. The van der Waals surface area contributed by atoms with Crippen LogP contribution in [0.15, 0.2) is 41.9 Å². The highest BCUT2D eigenvalue weighted by atomic mass is 32.1. The van der Waals surface area contributed by atoms with Crippen LogP contribution < -0.4 is 4.74 Å². The topological polar surface area (TPSA) is 83.9 Å². The highest BCUT2D eigenvalue weighted by molar-refractivity contribution is 7.13. The number of H-pyrrole nitrogens is 1. The Kier molecular flexibility index (Phi) is 4.17. The van der Waals surface area contributed by atoms with Crippen molar-refractivity contribution in [3.8, 4) is 27.6 Å². The Hall–Kier alpha value is -2.77. The number of nitrogens with one attached hydrogen (secondary N) is 1. The lowest BCUT2D eigenvalue weighted by Crippen LogP contribution is -2.01. The fourth-order valence-electron chi connectivity index (χ4n) is 2.73. The Balaban J connectivity index is 1.80. The molecule has 25 heavy (non-hydrogen) atoms. The summed E-state index contributed by atoms with van der Waals surface area (Å²) in [7, 11) is 0. The monoisotopic (exact) mass is 352 g/mol. The van der Waals surface area contributed by atoms with E-state index in [2.05, 4.69) is 20.2 Å². The van der Waals surface area contributed by atoms with E-state index in [1.54, 1.807) is 17.5 Å². The maximum absolute atomic E-state index is 8.83. The third-order valence-corrected chi connectivity index (χ3v) is 4.68. The van der Waals surface area contributed by atoms with E-state index in [4.69, 9.17) is 9.84 Å². The average molecular weight is 352 g/mol. The Morgan fingerprint density at radius 3 is 2.80 bits per heavy atom. The Morgan fingerprint density at radius 2 is 2.08 bits per heavy atom. The van der Waals surface area contributed by atoms with Gasteiger partial charge in [0.05, 0.1) is 17.7 Å². The number of aliphatic hydroxyl groups is 1. The number of pyridine rings is 1. The van der Waals surface area contributed by atoms with Crippen LogP contribution in [-0.2, 0) is 0 Å². The number of hydrogen-bond acceptors (Lipinski definition) is 6. The van der Waals surface area contributed by atoms with Gasteiger partial charge in [-0.3, -0.25) is 5.10 Å². The maximum Gasteiger partial charge on any atom is 0.182 e. The molecule has 4 rings (SSSR count). The predicted octanol–water partition coefficient (Wildman–Crippen LogP) is 3.43. The normalized spacial score (nSPS) is 11.1. The molecule has 0 saturated heterocycles. The van der Waals surface area contributed by atoms with Gasteiger partial charge in [-0.15, -0.1) is 11.3 Å². The first-order valence-electron chi connectivity index (χ1n) is 7.86. The summed E-state index contributed by atoms with van der Waals surface area (Å²) in [5.41, 5.74) is 4.49. The van der Waals surface area contributed by atoms with Gasteiger partial charge in [0.25, 0.3) is 0 Å². The molecule has 0 spiro atoms. The summed E-state index contributed by atoms with van der Waals surface area (Å²) in [5.74, 6) is 0.717. The van der Waals surface area contributed by atoms with Crippen molar-refractivity contribution in [2.24, 2.45) is 0 Å². The molecule has 3 heterocycles. The van der Waals surface area contributed by atoms with Crippen molar-refractivity contribution in [2.75, 3.05) is 13.2 Å². The minimum atomic E-state index is -0.00431. The van der Waals surface area contributed by atoms with Crippen molar-refractivity contribution in [1.29, 1.82) is 0 Å². The second kappa shape index (κ2) is 6.62. The van der Waals surface area contributed by atoms with Crippen LogP contribution in [0.3, 0.4) is 0 Å². The molecule has 0 amide bonds. The molecule has 0 fully saturated rings. The average Bonchev–Trinajstić information content (AvgIpc) is 3.30. The van der Waals surface area contributed by atoms with Gasteiger partial charge in [-0.2, -0.15) is 5.10 Å². The number of aryl methyl sites for hydroxylation is 1. The van der Waals surface area contributed by atoms with Crippen LogP contribution in [-0.4, -0.2) is 38.5 Å². The molecule has 2 N–H and O–H groups in total. The second-order valence-electron chi connectivity index (χ2n) is 5.54. The summed E-state index contributed by atoms with van der Waals surface area (Å²) >= 11 is 1.59. The quantitative estimate of drug-likeness (QED) is 0.575. The molecule has 4 aromatic rings. The highest BCUT2D eigenvalue weighted by Crippen LogP contribution is 2.34. The number of hydrogen-bond donors (Lipinski definition) is 2. The number of rotatable bonds is 5. The van der Waals surface area contributed by atoms with Gasteiger partial charge in [0.2, 0.25) is 0 Å². The van der Waals surface area contributed by atoms with E-state index in [-0.39, 0.29) is 13.2 Å². The second-order valence-corrected chi connectivity index (χ2v) is 6.43. The summed E-state index contributed by atoms with van der Waals surface area (Å²) < 4.78 is 5.41. The molecular weight excluding hydrogens is 336 g/mol. The first-order chi connectivity index (χ1) is 12.3. The molecule has 126 valence electrons. The predicted molar refractivity (Wildman–Crippen MR) is 97.8 cm³/mol. The molecule has 0 aliphatic rings. The maximum atomic E-state index is 8.83. The summed E-state index contributed by atoms with van der Waals surface area (Å²) in [4.78, 5) is 9.13. The van der Waals surface area contributed by atoms with E-state index < -0.39 is 0 Å². The van der Waals surface area contributed by atoms with E-state index in [1.165, 1.54) is 0 Å². The van der Waals surface area contributed by atoms with Gasteiger partial charge in [0.1, 0.15) is 17.4 Å². The Bertz CT molecular complexity index is 994. The molecule has 6 nitrogen and oxygen atoms in total. The smallest absolute Gasteiger partial charge is 0.182 e. The van der Waals surface area contributed by atoms with Crippen LogP contribution >= 0.6 is 11.3 Å². The first-order valence-corrected chi connectivity index (χ1v) is 8.74. The SMILES string of the molecule is Cc1[nH]nc2nc(-c3ccc(OCCO)cc3)cc(-c3nccs3)c12. The van der Waals surface area contributed by atoms with Crippen LogP contribution in [0.5, 0.6) is 5.75 Å². The molecule has 3 aromatic heterocycles. The van der Waals surface area contributed by atoms with E-state index >= 15 is 0 Å². The highest BCUT2D eigenvalue weighted by Gasteiger charge is 2.15. The lowest BCUT2D eigenvalue weighted by molar-refractivity contribution is 0.201. The Morgan fingerprint density at radius 1 is 1.24 bits per heavy atom. The molecule has 1 aromatic carbocycles. The lowest BCUT2D eigenvalue weighted by atomic mass is 10.1. The number of fused-ring (bicyclic) bond motifs is 1. The molecule has 0 saturated carbocycles. The molecule has 0 unspecified atom stereocenters. The van der Waals surface area contributed by atoms with E-state index in [0.717, 1.165) is 38.7 Å². The van der Waals surface area contributed by atoms with Crippen LogP contribution in [0.2, 0.25) is 0 Å². The summed E-state index contributed by atoms with van der Waals surface area (Å²) in [6, 6.07) is 9.69. The fraction of sp³-hybridized carbons (Fsp3) is 0.167. The molecule has 7 heteroatoms. The molecule has 0 atom stereocenters. The van der Waals surface area contributed by atoms with Crippen molar-refractivity contribution < 1.29 is 9.84 Å². The van der Waals surface area contributed by atoms with Crippen molar-refractivity contribution >= 4 is 22.4 Å². The molecule has 0 radical (unpaired) electrons. The minimum Gasteiger partial charge on any atom is -0.491 e. The largest absolute Gasteiger partial charge is 0.491 e. The number of aromatic nitrogens is 4. The van der Waals surface area contributed by atoms with Gasteiger partial charge in [0.15, 0.2) is 5.65 Å². The van der Waals surface area contributed by atoms with Crippen LogP contribution in [0, 0.1) is 6.92 Å². The zero-order valence-electron chi connectivity index (χ0n) is 13.6. The standard InChI is InChI=1S/C18H16N4O2S/c1-11-16-14(18-19-6-9-25-18)10-15(20-17(16)22-21-11)12-2-4-13(5-3-12)24-8-7-23/h2-6,9-10,23H,7-8H2,1H3,(H,20,21,22). The van der Waals surface area contributed by atoms with Gasteiger partial charge in [-0.1, -0.05) is 0 Å². The number of nitrogens with zero attached hydrogens (tertiary/aromatic N) is 3. The van der Waals surface area contributed by atoms with Gasteiger partial charge in [-0.05, 0) is 37.3 Å². The number of aliphatic hydroxyl groups excluding tert-OH is 1. The summed E-state index contributed by atoms with van der Waals surface area (Å²) in [6.07, 6.45) is 1.80. The van der Waals surface area contributed by atoms with Crippen LogP contribution in [0.4, 0.5) is 0 Å². The van der Waals surface area contributed by atoms with Gasteiger partial charge in [-0.25, -0.2) is 9.97 Å². The fourth-order valence-corrected chi connectivity index (χ4v) is 3.39. The van der Waals surface area contributed by atoms with Gasteiger partial charge in [0, 0.05) is 28.4 Å². The van der Waals surface area contributed by atoms with Crippen molar-refractivity contribution in [3.05, 3.63) is 47.6 Å². The first kappa shape index (κ1) is 15.7. The van der Waals surface area contributed by atoms with Gasteiger partial charge < -0.3 is 9.84 Å². The minimum absolute atomic E-state index is 0.00431. The van der Waals surface area contributed by atoms with E-state index in [0.29, 0.717) is 5.65 Å². The molecule has 0 aliphatic carbocycles.